The summed E-state index contributed by atoms with van der Waals surface area (Å²) in [7, 11) is 0. The number of unbranched alkanes of at least 4 members (excludes halogenated alkanes) is 1. The van der Waals surface area contributed by atoms with Crippen molar-refractivity contribution in [2.24, 2.45) is 0 Å². The molecule has 0 unspecified atom stereocenters. The second-order valence-electron chi connectivity index (χ2n) is 5.10. The predicted molar refractivity (Wildman–Crippen MR) is 88.2 cm³/mol. The fraction of sp³-hybridized carbons (Fsp3) is 0.467. The monoisotopic (exact) mass is 353 g/mol. The normalized spacial score (nSPS) is 13.2. The van der Waals surface area contributed by atoms with Crippen molar-refractivity contribution in [3.05, 3.63) is 22.8 Å². The Morgan fingerprint density at radius 1 is 1.29 bits per heavy atom. The Morgan fingerprint density at radius 2 is 2.05 bits per heavy atom. The lowest BCUT2D eigenvalue weighted by atomic mass is 9.95. The summed E-state index contributed by atoms with van der Waals surface area (Å²) >= 11 is 3.40. The Kier molecular flexibility index (Phi) is 5.22. The molecule has 21 heavy (non-hydrogen) atoms. The first-order chi connectivity index (χ1) is 10.1. The highest BCUT2D eigenvalue weighted by molar-refractivity contribution is 9.09. The van der Waals surface area contributed by atoms with E-state index in [4.69, 9.17) is 5.73 Å². The number of hydrogen-bond donors (Lipinski definition) is 3. The summed E-state index contributed by atoms with van der Waals surface area (Å²) < 4.78 is 0. The Hall–Kier alpha value is -1.56. The molecule has 5 nitrogen and oxygen atoms in total. The molecule has 1 aliphatic rings. The lowest BCUT2D eigenvalue weighted by Gasteiger charge is -2.17. The smallest absolute Gasteiger partial charge is 0.259 e. The Balaban J connectivity index is 2.37. The van der Waals surface area contributed by atoms with Gasteiger partial charge in [-0.25, -0.2) is 0 Å². The number of benzene rings is 1. The Morgan fingerprint density at radius 3 is 2.71 bits per heavy atom. The van der Waals surface area contributed by atoms with Gasteiger partial charge in [0.2, 0.25) is 0 Å². The number of amides is 2. The number of alkyl halides is 1. The molecule has 0 saturated heterocycles. The van der Waals surface area contributed by atoms with Gasteiger partial charge in [-0.1, -0.05) is 29.3 Å². The van der Waals surface area contributed by atoms with E-state index in [0.29, 0.717) is 16.8 Å². The SMILES string of the molecule is CCCc1c(NCCCCBr)c(N)cc2c1C(=O)NC2=O. The molecule has 2 rings (SSSR count). The molecule has 6 heteroatoms. The zero-order valence-corrected chi connectivity index (χ0v) is 13.7. The van der Waals surface area contributed by atoms with E-state index < -0.39 is 0 Å². The van der Waals surface area contributed by atoms with Crippen LogP contribution in [0.15, 0.2) is 6.07 Å². The van der Waals surface area contributed by atoms with Crippen molar-refractivity contribution >= 4 is 39.1 Å². The van der Waals surface area contributed by atoms with E-state index in [1.165, 1.54) is 0 Å². The summed E-state index contributed by atoms with van der Waals surface area (Å²) in [6.45, 7) is 2.83. The van der Waals surface area contributed by atoms with Crippen molar-refractivity contribution < 1.29 is 9.59 Å². The minimum atomic E-state index is -0.357. The van der Waals surface area contributed by atoms with Crippen LogP contribution in [-0.4, -0.2) is 23.7 Å². The van der Waals surface area contributed by atoms with Gasteiger partial charge in [-0.2, -0.15) is 0 Å². The number of anilines is 2. The number of nitrogens with one attached hydrogen (secondary N) is 2. The molecule has 0 bridgehead atoms. The summed E-state index contributed by atoms with van der Waals surface area (Å²) in [6, 6.07) is 1.60. The van der Waals surface area contributed by atoms with Crippen LogP contribution >= 0.6 is 15.9 Å². The van der Waals surface area contributed by atoms with Gasteiger partial charge in [0.25, 0.3) is 11.8 Å². The maximum Gasteiger partial charge on any atom is 0.259 e. The van der Waals surface area contributed by atoms with Crippen molar-refractivity contribution in [1.82, 2.24) is 5.32 Å². The van der Waals surface area contributed by atoms with E-state index in [-0.39, 0.29) is 11.8 Å². The van der Waals surface area contributed by atoms with E-state index in [1.54, 1.807) is 6.07 Å². The van der Waals surface area contributed by atoms with Crippen molar-refractivity contribution in [2.45, 2.75) is 32.6 Å². The lowest BCUT2D eigenvalue weighted by Crippen LogP contribution is -2.20. The zero-order valence-electron chi connectivity index (χ0n) is 12.1. The van der Waals surface area contributed by atoms with Crippen LogP contribution in [0.2, 0.25) is 0 Å². The molecule has 0 spiro atoms. The van der Waals surface area contributed by atoms with E-state index in [9.17, 15) is 9.59 Å². The molecule has 1 aromatic rings. The molecular weight excluding hydrogens is 334 g/mol. The molecule has 0 saturated carbocycles. The Labute approximate surface area is 132 Å². The fourth-order valence-corrected chi connectivity index (χ4v) is 2.97. The molecule has 1 aliphatic heterocycles. The topological polar surface area (TPSA) is 84.2 Å². The first kappa shape index (κ1) is 15.8. The van der Waals surface area contributed by atoms with Gasteiger partial charge in [0.1, 0.15) is 0 Å². The number of nitrogens with two attached hydrogens (primary N) is 1. The summed E-state index contributed by atoms with van der Waals surface area (Å²) in [5.74, 6) is -0.674. The van der Waals surface area contributed by atoms with E-state index in [2.05, 4.69) is 26.6 Å². The number of carbonyl (C=O) groups is 2. The maximum atomic E-state index is 12.0. The highest BCUT2D eigenvalue weighted by Gasteiger charge is 2.31. The zero-order chi connectivity index (χ0) is 15.4. The van der Waals surface area contributed by atoms with Crippen LogP contribution in [0.4, 0.5) is 11.4 Å². The molecule has 1 heterocycles. The third-order valence-corrected chi connectivity index (χ3v) is 4.08. The van der Waals surface area contributed by atoms with Crippen molar-refractivity contribution in [1.29, 1.82) is 0 Å². The molecule has 0 atom stereocenters. The van der Waals surface area contributed by atoms with Crippen LogP contribution < -0.4 is 16.4 Å². The van der Waals surface area contributed by atoms with Gasteiger partial charge in [0, 0.05) is 11.9 Å². The van der Waals surface area contributed by atoms with Crippen LogP contribution in [0, 0.1) is 0 Å². The van der Waals surface area contributed by atoms with Gasteiger partial charge in [0.05, 0.1) is 22.5 Å². The van der Waals surface area contributed by atoms with Gasteiger partial charge in [-0.3, -0.25) is 14.9 Å². The average molecular weight is 354 g/mol. The van der Waals surface area contributed by atoms with E-state index >= 15 is 0 Å². The van der Waals surface area contributed by atoms with Gasteiger partial charge >= 0.3 is 0 Å². The standard InChI is InChI=1S/C15H20BrN3O2/c1-2-5-9-12-10(14(20)19-15(12)21)8-11(17)13(9)18-7-4-3-6-16/h8,18H,2-7,17H2,1H3,(H,19,20,21). The van der Waals surface area contributed by atoms with Crippen LogP contribution in [0.5, 0.6) is 0 Å². The third kappa shape index (κ3) is 3.20. The molecule has 2 amide bonds. The number of halogens is 1. The number of hydrogen-bond acceptors (Lipinski definition) is 4. The van der Waals surface area contributed by atoms with Gasteiger partial charge in [-0.15, -0.1) is 0 Å². The minimum Gasteiger partial charge on any atom is -0.397 e. The second-order valence-corrected chi connectivity index (χ2v) is 5.89. The molecule has 114 valence electrons. The summed E-state index contributed by atoms with van der Waals surface area (Å²) in [5, 5.41) is 6.64. The van der Waals surface area contributed by atoms with E-state index in [0.717, 1.165) is 48.8 Å². The largest absolute Gasteiger partial charge is 0.397 e. The fourth-order valence-electron chi connectivity index (χ4n) is 2.57. The number of imide groups is 1. The van der Waals surface area contributed by atoms with Gasteiger partial charge < -0.3 is 11.1 Å². The minimum absolute atomic E-state index is 0.318. The number of carbonyl (C=O) groups excluding carboxylic acids is 2. The number of nitrogen functional groups attached to an aromatic ring is 1. The molecule has 0 aliphatic carbocycles. The van der Waals surface area contributed by atoms with Crippen LogP contribution in [0.25, 0.3) is 0 Å². The third-order valence-electron chi connectivity index (χ3n) is 3.52. The first-order valence-corrected chi connectivity index (χ1v) is 8.33. The van der Waals surface area contributed by atoms with Crippen LogP contribution in [0.3, 0.4) is 0 Å². The van der Waals surface area contributed by atoms with E-state index in [1.807, 2.05) is 6.92 Å². The number of rotatable bonds is 7. The molecular formula is C15H20BrN3O2. The quantitative estimate of drug-likeness (QED) is 0.304. The Bertz CT molecular complexity index is 573. The van der Waals surface area contributed by atoms with Crippen LogP contribution in [0.1, 0.15) is 52.5 Å². The maximum absolute atomic E-state index is 12.0. The lowest BCUT2D eigenvalue weighted by molar-refractivity contribution is 0.0879. The van der Waals surface area contributed by atoms with Crippen LogP contribution in [-0.2, 0) is 6.42 Å². The molecule has 0 fully saturated rings. The predicted octanol–water partition coefficient (Wildman–Crippen LogP) is 2.69. The molecule has 1 aromatic carbocycles. The van der Waals surface area contributed by atoms with Crippen molar-refractivity contribution in [3.63, 3.8) is 0 Å². The molecule has 0 aromatic heterocycles. The van der Waals surface area contributed by atoms with Crippen molar-refractivity contribution in [3.8, 4) is 0 Å². The summed E-state index contributed by atoms with van der Waals surface area (Å²) in [5.41, 5.74) is 9.15. The average Bonchev–Trinajstić information content (AvgIpc) is 2.72. The highest BCUT2D eigenvalue weighted by atomic mass is 79.9. The first-order valence-electron chi connectivity index (χ1n) is 7.21. The number of fused-ring (bicyclic) bond motifs is 1. The second kappa shape index (κ2) is 6.93. The van der Waals surface area contributed by atoms with Gasteiger partial charge in [-0.05, 0) is 30.9 Å². The summed E-state index contributed by atoms with van der Waals surface area (Å²) in [4.78, 5) is 23.8. The van der Waals surface area contributed by atoms with Gasteiger partial charge in [0.15, 0.2) is 0 Å². The highest BCUT2D eigenvalue weighted by Crippen LogP contribution is 2.33. The summed E-state index contributed by atoms with van der Waals surface area (Å²) in [6.07, 6.45) is 3.68. The van der Waals surface area contributed by atoms with Crippen molar-refractivity contribution in [2.75, 3.05) is 22.9 Å². The molecule has 4 N–H and O–H groups in total. The molecule has 0 radical (unpaired) electrons.